The maximum atomic E-state index is 12.8. The molecule has 14 heavy (non-hydrogen) atoms. The number of benzene rings is 1. The average Bonchev–Trinajstić information content (AvgIpc) is 2.14. The van der Waals surface area contributed by atoms with E-state index in [1.807, 2.05) is 0 Å². The monoisotopic (exact) mass is 193 g/mol. The Balaban J connectivity index is 3.22. The number of halogens is 1. The number of nitrogens with two attached hydrogens (primary N) is 1. The van der Waals surface area contributed by atoms with Crippen molar-refractivity contribution in [3.05, 3.63) is 35.1 Å². The van der Waals surface area contributed by atoms with Gasteiger partial charge in [0, 0.05) is 5.56 Å². The summed E-state index contributed by atoms with van der Waals surface area (Å²) < 4.78 is 12.8. The van der Waals surface area contributed by atoms with Gasteiger partial charge in [-0.2, -0.15) is 0 Å². The van der Waals surface area contributed by atoms with E-state index < -0.39 is 11.7 Å². The van der Waals surface area contributed by atoms with E-state index in [1.165, 1.54) is 6.07 Å². The van der Waals surface area contributed by atoms with Crippen LogP contribution in [0.1, 0.15) is 15.9 Å². The van der Waals surface area contributed by atoms with E-state index in [9.17, 15) is 9.18 Å². The Morgan fingerprint density at radius 3 is 2.86 bits per heavy atom. The summed E-state index contributed by atoms with van der Waals surface area (Å²) in [6.07, 6.45) is 0. The van der Waals surface area contributed by atoms with Crippen molar-refractivity contribution in [2.45, 2.75) is 0 Å². The second-order valence-corrected chi connectivity index (χ2v) is 2.51. The second-order valence-electron chi connectivity index (χ2n) is 2.51. The van der Waals surface area contributed by atoms with Gasteiger partial charge in [0.1, 0.15) is 12.4 Å². The van der Waals surface area contributed by atoms with Crippen molar-refractivity contribution >= 4 is 5.91 Å². The first-order valence-electron chi connectivity index (χ1n) is 3.84. The highest BCUT2D eigenvalue weighted by molar-refractivity contribution is 5.95. The van der Waals surface area contributed by atoms with Crippen molar-refractivity contribution in [1.29, 1.82) is 0 Å². The minimum atomic E-state index is -0.674. The summed E-state index contributed by atoms with van der Waals surface area (Å²) in [5, 5.41) is 8.44. The number of amides is 1. The molecule has 1 amide bonds. The molecule has 1 rings (SSSR count). The lowest BCUT2D eigenvalue weighted by atomic mass is 10.1. The fourth-order valence-corrected chi connectivity index (χ4v) is 0.970. The van der Waals surface area contributed by atoms with Gasteiger partial charge in [0.2, 0.25) is 5.91 Å². The molecule has 0 unspecified atom stereocenters. The number of carbonyl (C=O) groups is 1. The Morgan fingerprint density at radius 2 is 2.29 bits per heavy atom. The Kier molecular flexibility index (Phi) is 3.21. The van der Waals surface area contributed by atoms with Gasteiger partial charge in [-0.25, -0.2) is 4.39 Å². The van der Waals surface area contributed by atoms with Gasteiger partial charge in [-0.3, -0.25) is 4.79 Å². The predicted molar refractivity (Wildman–Crippen MR) is 48.9 cm³/mol. The summed E-state index contributed by atoms with van der Waals surface area (Å²) in [5.41, 5.74) is 5.38. The van der Waals surface area contributed by atoms with Crippen LogP contribution in [-0.2, 0) is 0 Å². The van der Waals surface area contributed by atoms with E-state index in [0.717, 1.165) is 12.1 Å². The minimum absolute atomic E-state index is 0.146. The van der Waals surface area contributed by atoms with E-state index in [-0.39, 0.29) is 17.7 Å². The summed E-state index contributed by atoms with van der Waals surface area (Å²) in [5.74, 6) is 3.59. The number of primary amides is 1. The van der Waals surface area contributed by atoms with Crippen molar-refractivity contribution in [2.75, 3.05) is 6.61 Å². The SMILES string of the molecule is NC(=O)c1ccc(F)cc1C#CCO. The van der Waals surface area contributed by atoms with Gasteiger partial charge in [0.25, 0.3) is 0 Å². The Bertz CT molecular complexity index is 418. The fourth-order valence-electron chi connectivity index (χ4n) is 0.970. The molecule has 3 N–H and O–H groups in total. The molecule has 1 aromatic rings. The predicted octanol–water partition coefficient (Wildman–Crippen LogP) is 0.268. The molecular weight excluding hydrogens is 185 g/mol. The van der Waals surface area contributed by atoms with E-state index in [4.69, 9.17) is 10.8 Å². The van der Waals surface area contributed by atoms with Crippen LogP contribution in [0.25, 0.3) is 0 Å². The topological polar surface area (TPSA) is 63.3 Å². The Labute approximate surface area is 80.4 Å². The average molecular weight is 193 g/mol. The summed E-state index contributed by atoms with van der Waals surface area (Å²) >= 11 is 0. The Morgan fingerprint density at radius 1 is 1.57 bits per heavy atom. The van der Waals surface area contributed by atoms with Crippen LogP contribution < -0.4 is 5.73 Å². The van der Waals surface area contributed by atoms with E-state index in [0.29, 0.717) is 0 Å². The van der Waals surface area contributed by atoms with Crippen LogP contribution in [0.4, 0.5) is 4.39 Å². The van der Waals surface area contributed by atoms with Gasteiger partial charge < -0.3 is 10.8 Å². The lowest BCUT2D eigenvalue weighted by Crippen LogP contribution is -2.12. The van der Waals surface area contributed by atoms with Gasteiger partial charge in [-0.15, -0.1) is 0 Å². The highest BCUT2D eigenvalue weighted by atomic mass is 19.1. The highest BCUT2D eigenvalue weighted by Gasteiger charge is 2.06. The molecule has 1 aromatic carbocycles. The van der Waals surface area contributed by atoms with Crippen molar-refractivity contribution in [2.24, 2.45) is 5.73 Å². The van der Waals surface area contributed by atoms with E-state index >= 15 is 0 Å². The Hall–Kier alpha value is -1.86. The number of aliphatic hydroxyl groups is 1. The standard InChI is InChI=1S/C10H8FNO2/c11-8-3-4-9(10(12)14)7(6-8)2-1-5-13/h3-4,6,13H,5H2,(H2,12,14). The molecular formula is C10H8FNO2. The molecule has 0 heterocycles. The molecule has 4 heteroatoms. The molecule has 0 aliphatic heterocycles. The number of hydrogen-bond acceptors (Lipinski definition) is 2. The van der Waals surface area contributed by atoms with Crippen LogP contribution in [-0.4, -0.2) is 17.6 Å². The van der Waals surface area contributed by atoms with Crippen LogP contribution in [0.5, 0.6) is 0 Å². The lowest BCUT2D eigenvalue weighted by molar-refractivity contribution is 0.1000. The number of carbonyl (C=O) groups excluding carboxylic acids is 1. The molecule has 0 saturated carbocycles. The normalized spacial score (nSPS) is 9.00. The summed E-state index contributed by atoms with van der Waals surface area (Å²) in [6.45, 7) is -0.352. The molecule has 0 radical (unpaired) electrons. The van der Waals surface area contributed by atoms with Gasteiger partial charge in [0.05, 0.1) is 5.56 Å². The largest absolute Gasteiger partial charge is 0.384 e. The summed E-state index contributed by atoms with van der Waals surface area (Å²) in [4.78, 5) is 10.9. The fraction of sp³-hybridized carbons (Fsp3) is 0.100. The zero-order valence-corrected chi connectivity index (χ0v) is 7.25. The smallest absolute Gasteiger partial charge is 0.249 e. The maximum absolute atomic E-state index is 12.8. The van der Waals surface area contributed by atoms with Gasteiger partial charge >= 0.3 is 0 Å². The quantitative estimate of drug-likeness (QED) is 0.629. The zero-order valence-electron chi connectivity index (χ0n) is 7.25. The van der Waals surface area contributed by atoms with Gasteiger partial charge in [0.15, 0.2) is 0 Å². The third kappa shape index (κ3) is 2.31. The van der Waals surface area contributed by atoms with E-state index in [1.54, 1.807) is 0 Å². The van der Waals surface area contributed by atoms with Crippen LogP contribution in [0.3, 0.4) is 0 Å². The third-order valence-electron chi connectivity index (χ3n) is 1.55. The lowest BCUT2D eigenvalue weighted by Gasteiger charge is -1.99. The number of rotatable bonds is 1. The van der Waals surface area contributed by atoms with E-state index in [2.05, 4.69) is 11.8 Å². The molecule has 0 aliphatic carbocycles. The molecule has 72 valence electrons. The first-order valence-corrected chi connectivity index (χ1v) is 3.84. The first-order chi connectivity index (χ1) is 6.65. The molecule has 0 fully saturated rings. The molecule has 3 nitrogen and oxygen atoms in total. The van der Waals surface area contributed by atoms with Crippen molar-refractivity contribution in [3.8, 4) is 11.8 Å². The molecule has 0 spiro atoms. The van der Waals surface area contributed by atoms with Gasteiger partial charge in [-0.05, 0) is 18.2 Å². The number of aliphatic hydroxyl groups excluding tert-OH is 1. The van der Waals surface area contributed by atoms with Crippen LogP contribution in [0.15, 0.2) is 18.2 Å². The number of hydrogen-bond donors (Lipinski definition) is 2. The van der Waals surface area contributed by atoms with Gasteiger partial charge in [-0.1, -0.05) is 11.8 Å². The minimum Gasteiger partial charge on any atom is -0.384 e. The molecule has 0 saturated heterocycles. The van der Waals surface area contributed by atoms with Crippen molar-refractivity contribution in [3.63, 3.8) is 0 Å². The molecule has 0 bridgehead atoms. The van der Waals surface area contributed by atoms with Crippen molar-refractivity contribution < 1.29 is 14.3 Å². The summed E-state index contributed by atoms with van der Waals surface area (Å²) in [7, 11) is 0. The summed E-state index contributed by atoms with van der Waals surface area (Å²) in [6, 6.07) is 3.49. The third-order valence-corrected chi connectivity index (χ3v) is 1.55. The second kappa shape index (κ2) is 4.40. The zero-order chi connectivity index (χ0) is 10.6. The maximum Gasteiger partial charge on any atom is 0.249 e. The van der Waals surface area contributed by atoms with Crippen LogP contribution in [0.2, 0.25) is 0 Å². The van der Waals surface area contributed by atoms with Crippen LogP contribution >= 0.6 is 0 Å². The van der Waals surface area contributed by atoms with Crippen LogP contribution in [0, 0.1) is 17.7 Å². The molecule has 0 atom stereocenters. The first kappa shape index (κ1) is 10.2. The molecule has 0 aliphatic rings. The molecule has 0 aromatic heterocycles. The van der Waals surface area contributed by atoms with Crippen molar-refractivity contribution in [1.82, 2.24) is 0 Å². The highest BCUT2D eigenvalue weighted by Crippen LogP contribution is 2.09.